The van der Waals surface area contributed by atoms with Gasteiger partial charge in [-0.25, -0.2) is 4.39 Å². The fraction of sp³-hybridized carbons (Fsp3) is 0.137. The van der Waals surface area contributed by atoms with Crippen LogP contribution in [0.4, 0.5) is 17.6 Å². The maximum absolute atomic E-state index is 13.1. The molecule has 0 unspecified atom stereocenters. The van der Waals surface area contributed by atoms with Crippen LogP contribution in [0.2, 0.25) is 0 Å². The second kappa shape index (κ2) is 37.1. The third kappa shape index (κ3) is 25.9. The zero-order chi connectivity index (χ0) is 67.7. The molecule has 0 atom stereocenters. The summed E-state index contributed by atoms with van der Waals surface area (Å²) in [5.74, 6) is -1.80. The molecule has 0 aliphatic heterocycles. The fourth-order valence-corrected chi connectivity index (χ4v) is 8.43. The quantitative estimate of drug-likeness (QED) is 0.0375. The average molecular weight is 1290 g/mol. The number of aromatic hydroxyl groups is 1. The van der Waals surface area contributed by atoms with Gasteiger partial charge in [-0.1, -0.05) is 158 Å². The number of carboxylic acid groups (broad SMARTS) is 1. The molecule has 5 aromatic carbocycles. The van der Waals surface area contributed by atoms with Crippen molar-refractivity contribution >= 4 is 28.0 Å². The molecule has 0 fully saturated rings. The van der Waals surface area contributed by atoms with Gasteiger partial charge in [0.1, 0.15) is 11.6 Å². The number of aryl methyl sites for hydroxylation is 3. The Bertz CT molecular complexity index is 4150. The van der Waals surface area contributed by atoms with E-state index in [1.54, 1.807) is 62.8 Å². The van der Waals surface area contributed by atoms with Crippen LogP contribution in [0.3, 0.4) is 0 Å². The molecule has 0 saturated heterocycles. The number of hydrogen-bond donors (Lipinski definition) is 3. The number of halogens is 4. The number of ether oxygens (including phenoxy) is 1. The van der Waals surface area contributed by atoms with E-state index in [9.17, 15) is 40.4 Å². The van der Waals surface area contributed by atoms with Gasteiger partial charge in [0.25, 0.3) is 0 Å². The number of carboxylic acids is 1. The van der Waals surface area contributed by atoms with E-state index >= 15 is 0 Å². The van der Waals surface area contributed by atoms with Gasteiger partial charge < -0.3 is 24.4 Å². The summed E-state index contributed by atoms with van der Waals surface area (Å²) in [5, 5.41) is 20.1. The summed E-state index contributed by atoms with van der Waals surface area (Å²) in [6, 6.07) is 67.5. The van der Waals surface area contributed by atoms with Crippen molar-refractivity contribution in [3.63, 3.8) is 0 Å². The second-order valence-electron chi connectivity index (χ2n) is 20.2. The molecule has 0 aliphatic rings. The topological polar surface area (TPSA) is 234 Å². The lowest BCUT2D eigenvalue weighted by atomic mass is 10.1. The Morgan fingerprint density at radius 3 is 1.22 bits per heavy atom. The number of aliphatic carboxylic acids is 1. The molecule has 0 radical (unpaired) electrons. The summed E-state index contributed by atoms with van der Waals surface area (Å²) in [5.41, 5.74) is 8.55. The number of nitrogens with zero attached hydrogens (tertiary/aromatic N) is 6. The van der Waals surface area contributed by atoms with Crippen molar-refractivity contribution in [1.82, 2.24) is 35.2 Å². The van der Waals surface area contributed by atoms with Gasteiger partial charge in [0.05, 0.1) is 49.7 Å². The number of nitrogens with one attached hydrogen (secondary N) is 1. The summed E-state index contributed by atoms with van der Waals surface area (Å²) in [6.45, 7) is 7.97. The number of benzene rings is 5. The Kier molecular flexibility index (Phi) is 28.3. The number of pyridine rings is 6. The number of rotatable bonds is 15. The van der Waals surface area contributed by atoms with Gasteiger partial charge in [0.2, 0.25) is 5.91 Å². The maximum atomic E-state index is 13.1. The Morgan fingerprint density at radius 1 is 0.468 bits per heavy atom. The van der Waals surface area contributed by atoms with Gasteiger partial charge in [0.15, 0.2) is 5.75 Å². The fourth-order valence-electron chi connectivity index (χ4n) is 7.99. The Hall–Kier alpha value is -11.3. The van der Waals surface area contributed by atoms with E-state index in [0.717, 1.165) is 68.3 Å². The first-order valence-corrected chi connectivity index (χ1v) is 30.5. The zero-order valence-electron chi connectivity index (χ0n) is 51.6. The van der Waals surface area contributed by atoms with Gasteiger partial charge in [-0.2, -0.15) is 21.6 Å². The number of aromatic nitrogens is 6. The van der Waals surface area contributed by atoms with Crippen molar-refractivity contribution in [1.29, 1.82) is 0 Å². The smallest absolute Gasteiger partial charge is 0.506 e. The van der Waals surface area contributed by atoms with E-state index in [1.165, 1.54) is 35.5 Å². The van der Waals surface area contributed by atoms with Gasteiger partial charge in [0, 0.05) is 76.4 Å². The lowest BCUT2D eigenvalue weighted by molar-refractivity contribution is -0.142. The highest BCUT2D eigenvalue weighted by Gasteiger charge is 2.48. The minimum absolute atomic E-state index is 0.0327. The molecule has 482 valence electrons. The Balaban J connectivity index is 0.000000183. The first-order valence-electron chi connectivity index (χ1n) is 29.1. The van der Waals surface area contributed by atoms with Crippen LogP contribution >= 0.6 is 0 Å². The van der Waals surface area contributed by atoms with E-state index in [4.69, 9.17) is 14.9 Å². The largest absolute Gasteiger partial charge is 0.534 e. The number of amides is 1. The van der Waals surface area contributed by atoms with Gasteiger partial charge >= 0.3 is 27.6 Å². The maximum Gasteiger partial charge on any atom is 0.534 e. The number of carbonyl (C=O) groups is 3. The molecule has 0 saturated carbocycles. The lowest BCUT2D eigenvalue weighted by Gasteiger charge is -2.08. The highest BCUT2D eigenvalue weighted by atomic mass is 32.2. The van der Waals surface area contributed by atoms with Crippen LogP contribution in [0.15, 0.2) is 256 Å². The molecule has 6 aromatic heterocycles. The molecule has 0 aliphatic carbocycles. The molecule has 11 rings (SSSR count). The van der Waals surface area contributed by atoms with Crippen LogP contribution in [0.5, 0.6) is 11.5 Å². The molecular weight excluding hydrogens is 1230 g/mol. The molecule has 0 spiro atoms. The van der Waals surface area contributed by atoms with Crippen LogP contribution in [0.1, 0.15) is 46.7 Å². The third-order valence-corrected chi connectivity index (χ3v) is 13.7. The molecule has 16 nitrogen and oxygen atoms in total. The first kappa shape index (κ1) is 71.8. The molecule has 0 bridgehead atoms. The van der Waals surface area contributed by atoms with Crippen molar-refractivity contribution in [2.75, 3.05) is 6.61 Å². The minimum atomic E-state index is -5.60. The summed E-state index contributed by atoms with van der Waals surface area (Å²) >= 11 is 0. The molecule has 21 heteroatoms. The molecular formula is C73H67F4N7O9S. The van der Waals surface area contributed by atoms with Crippen LogP contribution in [-0.2, 0) is 55.0 Å². The summed E-state index contributed by atoms with van der Waals surface area (Å²) in [6.07, 6.45) is 9.88. The van der Waals surface area contributed by atoms with E-state index in [0.29, 0.717) is 30.2 Å². The van der Waals surface area contributed by atoms with Crippen LogP contribution in [0.25, 0.3) is 44.5 Å². The number of hydrogen-bond acceptors (Lipinski definition) is 14. The zero-order valence-corrected chi connectivity index (χ0v) is 52.5. The highest BCUT2D eigenvalue weighted by molar-refractivity contribution is 7.88. The lowest BCUT2D eigenvalue weighted by Crippen LogP contribution is -2.28. The van der Waals surface area contributed by atoms with Gasteiger partial charge in [-0.15, -0.1) is 0 Å². The molecule has 94 heavy (non-hydrogen) atoms. The van der Waals surface area contributed by atoms with Crippen molar-refractivity contribution in [2.24, 2.45) is 0 Å². The monoisotopic (exact) mass is 1290 g/mol. The Morgan fingerprint density at radius 2 is 0.872 bits per heavy atom. The summed E-state index contributed by atoms with van der Waals surface area (Å²) in [7, 11) is -5.60. The standard InChI is InChI=1S/C20H17FN2O.C15H15NO2.C13H11NO2.C12H11N.C7H6F3NO3S.C6H7NO/c21-18-8-4-5-15(11-18)13-23-20(24)12-19-10-9-17(14-22-19)16-6-2-1-3-7-16;1-2-18-15(17)10-14-9-8-13(11-16-14)12-6-4-3-5-7-12;15-13(16)8-12-7-6-11(9-14-12)10-4-2-1-3-5-10;1-10-7-8-12(9-13-10)11-5-3-2-4-6-11;1-5-2-3-6(4-11-5)14-15(12,13)7(8,9)10;1-5-2-3-6(8)4-7-5/h1-11,14H,12-13H2,(H,23,24);3-9,11H,2,10H2,1H3;1-7,9H,8H2,(H,15,16);2-9H,1H3;2-4H,1H3;2-4,8H,1H3. The molecule has 1 amide bonds. The van der Waals surface area contributed by atoms with E-state index in [-0.39, 0.29) is 42.7 Å². The van der Waals surface area contributed by atoms with E-state index < -0.39 is 27.3 Å². The number of carbonyl (C=O) groups excluding carboxylic acids is 2. The van der Waals surface area contributed by atoms with Crippen molar-refractivity contribution in [3.05, 3.63) is 301 Å². The van der Waals surface area contributed by atoms with Gasteiger partial charge in [-0.05, 0) is 116 Å². The van der Waals surface area contributed by atoms with Crippen molar-refractivity contribution < 1.29 is 59.5 Å². The normalized spacial score (nSPS) is 10.4. The minimum Gasteiger partial charge on any atom is -0.506 e. The van der Waals surface area contributed by atoms with Crippen molar-refractivity contribution in [2.45, 2.75) is 59.0 Å². The summed E-state index contributed by atoms with van der Waals surface area (Å²) < 4.78 is 78.4. The van der Waals surface area contributed by atoms with Crippen LogP contribution in [0, 0.1) is 26.6 Å². The molecule has 6 heterocycles. The number of esters is 1. The van der Waals surface area contributed by atoms with Crippen LogP contribution in [-0.4, -0.2) is 78.5 Å². The molecule has 11 aromatic rings. The average Bonchev–Trinajstić information content (AvgIpc) is 1.07. The van der Waals surface area contributed by atoms with Crippen LogP contribution < -0.4 is 9.50 Å². The molecule has 3 N–H and O–H groups in total. The number of alkyl halides is 3. The summed E-state index contributed by atoms with van der Waals surface area (Å²) in [4.78, 5) is 58.2. The van der Waals surface area contributed by atoms with Crippen molar-refractivity contribution in [3.8, 4) is 56.0 Å². The predicted octanol–water partition coefficient (Wildman–Crippen LogP) is 14.7. The Labute approximate surface area is 542 Å². The SMILES string of the molecule is CCOC(=O)Cc1ccc(-c2ccccc2)cn1.Cc1ccc(-c2ccccc2)cn1.Cc1ccc(O)cn1.Cc1ccc(OS(=O)(=O)C(F)(F)F)cn1.O=C(Cc1ccc(-c2ccccc2)cn1)NCc1cccc(F)c1.O=C(O)Cc1ccc(-c2ccccc2)cn1. The van der Waals surface area contributed by atoms with E-state index in [1.807, 2.05) is 166 Å². The first-order chi connectivity index (χ1) is 45.1. The highest BCUT2D eigenvalue weighted by Crippen LogP contribution is 2.27. The van der Waals surface area contributed by atoms with Gasteiger partial charge in [-0.3, -0.25) is 44.3 Å². The third-order valence-electron chi connectivity index (χ3n) is 12.8. The predicted molar refractivity (Wildman–Crippen MR) is 352 cm³/mol. The van der Waals surface area contributed by atoms with E-state index in [2.05, 4.69) is 57.6 Å². The second-order valence-corrected chi connectivity index (χ2v) is 21.7.